The number of allylic oxidation sites excluding steroid dienone is 1. The van der Waals surface area contributed by atoms with Crippen LogP contribution in [-0.4, -0.2) is 19.1 Å². The van der Waals surface area contributed by atoms with E-state index in [1.807, 2.05) is 24.3 Å². The van der Waals surface area contributed by atoms with Gasteiger partial charge in [0.25, 0.3) is 0 Å². The van der Waals surface area contributed by atoms with Crippen molar-refractivity contribution in [2.45, 2.75) is 13.3 Å². The van der Waals surface area contributed by atoms with E-state index in [2.05, 4.69) is 162 Å². The van der Waals surface area contributed by atoms with Gasteiger partial charge >= 0.3 is 0 Å². The summed E-state index contributed by atoms with van der Waals surface area (Å²) in [5, 5.41) is 3.78. The average molecular weight is 655 g/mol. The number of nitrogens with zero attached hydrogens (tertiary/aromatic N) is 4. The topological polar surface area (TPSA) is 35.6 Å². The molecule has 51 heavy (non-hydrogen) atoms. The van der Waals surface area contributed by atoms with Gasteiger partial charge in [-0.25, -0.2) is 9.97 Å². The maximum Gasteiger partial charge on any atom is 0.162 e. The Balaban J connectivity index is 1.17. The highest BCUT2D eigenvalue weighted by atomic mass is 15.1. The van der Waals surface area contributed by atoms with E-state index in [0.29, 0.717) is 5.92 Å². The predicted octanol–water partition coefficient (Wildman–Crippen LogP) is 11.7. The Hall–Kier alpha value is -6.52. The fraction of sp³-hybridized carbons (Fsp3) is 0.0638. The first-order valence-corrected chi connectivity index (χ1v) is 17.6. The SMILES string of the molecule is CC1C=Cc2c(c3cc(-c4ccc5c(c4)c4ccccc4n5-c4ccccc4)ccc3n2-c2cc(-c3ccccc3)nc(-c3ccccc3)n2)C1. The van der Waals surface area contributed by atoms with E-state index < -0.39 is 0 Å². The maximum absolute atomic E-state index is 5.24. The first kappa shape index (κ1) is 29.4. The molecule has 1 aliphatic carbocycles. The lowest BCUT2D eigenvalue weighted by molar-refractivity contribution is 0.717. The molecule has 0 aliphatic heterocycles. The van der Waals surface area contributed by atoms with Gasteiger partial charge in [-0.3, -0.25) is 4.57 Å². The quantitative estimate of drug-likeness (QED) is 0.185. The summed E-state index contributed by atoms with van der Waals surface area (Å²) in [5.41, 5.74) is 12.7. The molecular weight excluding hydrogens is 621 g/mol. The molecule has 6 aromatic carbocycles. The predicted molar refractivity (Wildman–Crippen MR) is 211 cm³/mol. The Morgan fingerprint density at radius 3 is 1.86 bits per heavy atom. The molecule has 0 bridgehead atoms. The summed E-state index contributed by atoms with van der Waals surface area (Å²) >= 11 is 0. The Kier molecular flexibility index (Phi) is 6.81. The van der Waals surface area contributed by atoms with Crippen molar-refractivity contribution in [1.29, 1.82) is 0 Å². The average Bonchev–Trinajstić information content (AvgIpc) is 3.70. The van der Waals surface area contributed by atoms with Crippen LogP contribution in [0.4, 0.5) is 0 Å². The van der Waals surface area contributed by atoms with Gasteiger partial charge in [-0.2, -0.15) is 0 Å². The van der Waals surface area contributed by atoms with Gasteiger partial charge in [-0.1, -0.05) is 122 Å². The van der Waals surface area contributed by atoms with Gasteiger partial charge in [-0.15, -0.1) is 0 Å². The third kappa shape index (κ3) is 4.91. The van der Waals surface area contributed by atoms with Crippen molar-refractivity contribution in [3.8, 4) is 45.3 Å². The second-order valence-corrected chi connectivity index (χ2v) is 13.6. The molecule has 10 rings (SSSR count). The summed E-state index contributed by atoms with van der Waals surface area (Å²) < 4.78 is 4.71. The van der Waals surface area contributed by atoms with Crippen molar-refractivity contribution in [3.63, 3.8) is 0 Å². The molecule has 0 amide bonds. The molecule has 0 saturated carbocycles. The zero-order valence-electron chi connectivity index (χ0n) is 28.2. The molecule has 0 saturated heterocycles. The van der Waals surface area contributed by atoms with Crippen molar-refractivity contribution < 1.29 is 0 Å². The lowest BCUT2D eigenvalue weighted by Crippen LogP contribution is -2.07. The normalized spacial score (nSPS) is 14.0. The van der Waals surface area contributed by atoms with Gasteiger partial charge < -0.3 is 4.57 Å². The number of hydrogen-bond donors (Lipinski definition) is 0. The van der Waals surface area contributed by atoms with E-state index in [1.165, 1.54) is 55.3 Å². The van der Waals surface area contributed by atoms with Gasteiger partial charge in [0, 0.05) is 39.0 Å². The number of benzene rings is 6. The monoisotopic (exact) mass is 654 g/mol. The fourth-order valence-corrected chi connectivity index (χ4v) is 7.87. The smallest absolute Gasteiger partial charge is 0.162 e. The standard InChI is InChI=1S/C47H34N4/c1-31-21-24-44-38(27-31)40-29-35(34-22-25-43-39(28-34)37-19-11-12-20-42(37)50(43)36-17-9-4-10-18-36)23-26-45(40)51(44)46-30-41(32-13-5-2-6-14-32)48-47(49-46)33-15-7-3-8-16-33/h2-26,28-31H,27H2,1H3. The highest BCUT2D eigenvalue weighted by Gasteiger charge is 2.23. The Morgan fingerprint density at radius 2 is 1.12 bits per heavy atom. The number of aromatic nitrogens is 4. The molecule has 0 spiro atoms. The maximum atomic E-state index is 5.24. The molecule has 4 nitrogen and oxygen atoms in total. The third-order valence-electron chi connectivity index (χ3n) is 10.3. The third-order valence-corrected chi connectivity index (χ3v) is 10.3. The van der Waals surface area contributed by atoms with E-state index in [0.717, 1.165) is 40.4 Å². The van der Waals surface area contributed by atoms with Gasteiger partial charge in [0.2, 0.25) is 0 Å². The summed E-state index contributed by atoms with van der Waals surface area (Å²) in [4.78, 5) is 10.3. The summed E-state index contributed by atoms with van der Waals surface area (Å²) in [6.45, 7) is 2.30. The zero-order valence-corrected chi connectivity index (χ0v) is 28.2. The molecule has 0 N–H and O–H groups in total. The van der Waals surface area contributed by atoms with E-state index in [-0.39, 0.29) is 0 Å². The summed E-state index contributed by atoms with van der Waals surface area (Å²) in [7, 11) is 0. The molecule has 4 heteroatoms. The second kappa shape index (κ2) is 11.8. The van der Waals surface area contributed by atoms with Crippen LogP contribution in [0.3, 0.4) is 0 Å². The van der Waals surface area contributed by atoms with Crippen LogP contribution in [0, 0.1) is 5.92 Å². The number of rotatable bonds is 5. The van der Waals surface area contributed by atoms with E-state index in [1.54, 1.807) is 0 Å². The van der Waals surface area contributed by atoms with Crippen LogP contribution >= 0.6 is 0 Å². The fourth-order valence-electron chi connectivity index (χ4n) is 7.87. The molecular formula is C47H34N4. The summed E-state index contributed by atoms with van der Waals surface area (Å²) in [5.74, 6) is 2.04. The van der Waals surface area contributed by atoms with E-state index in [4.69, 9.17) is 9.97 Å². The van der Waals surface area contributed by atoms with Crippen molar-refractivity contribution in [3.05, 3.63) is 175 Å². The minimum atomic E-state index is 0.450. The molecule has 242 valence electrons. The zero-order chi connectivity index (χ0) is 33.9. The molecule has 3 heterocycles. The molecule has 9 aromatic rings. The van der Waals surface area contributed by atoms with Crippen LogP contribution in [0.1, 0.15) is 18.2 Å². The highest BCUT2D eigenvalue weighted by molar-refractivity contribution is 6.10. The number of fused-ring (bicyclic) bond motifs is 6. The van der Waals surface area contributed by atoms with Gasteiger partial charge in [0.05, 0.1) is 27.9 Å². The summed E-state index contributed by atoms with van der Waals surface area (Å²) in [6, 6.07) is 56.1. The van der Waals surface area contributed by atoms with Crippen LogP contribution in [-0.2, 0) is 6.42 Å². The van der Waals surface area contributed by atoms with Crippen molar-refractivity contribution in [2.75, 3.05) is 0 Å². The molecule has 3 aromatic heterocycles. The van der Waals surface area contributed by atoms with Crippen molar-refractivity contribution in [2.24, 2.45) is 5.92 Å². The van der Waals surface area contributed by atoms with Crippen molar-refractivity contribution >= 4 is 38.8 Å². The van der Waals surface area contributed by atoms with Gasteiger partial charge in [-0.05, 0) is 77.6 Å². The van der Waals surface area contributed by atoms with Crippen LogP contribution in [0.15, 0.2) is 164 Å². The Bertz CT molecular complexity index is 2710. The van der Waals surface area contributed by atoms with Crippen LogP contribution in [0.25, 0.3) is 84.1 Å². The van der Waals surface area contributed by atoms with Crippen molar-refractivity contribution in [1.82, 2.24) is 19.1 Å². The first-order valence-electron chi connectivity index (χ1n) is 17.6. The van der Waals surface area contributed by atoms with Crippen LogP contribution in [0.2, 0.25) is 0 Å². The van der Waals surface area contributed by atoms with Gasteiger partial charge in [0.15, 0.2) is 5.82 Å². The lowest BCUT2D eigenvalue weighted by Gasteiger charge is -2.16. The number of hydrogen-bond acceptors (Lipinski definition) is 2. The van der Waals surface area contributed by atoms with Crippen LogP contribution < -0.4 is 0 Å². The largest absolute Gasteiger partial charge is 0.309 e. The van der Waals surface area contributed by atoms with E-state index in [9.17, 15) is 0 Å². The molecule has 1 atom stereocenters. The number of para-hydroxylation sites is 2. The minimum absolute atomic E-state index is 0.450. The first-order chi connectivity index (χ1) is 25.2. The second-order valence-electron chi connectivity index (χ2n) is 13.6. The van der Waals surface area contributed by atoms with Crippen LogP contribution in [0.5, 0.6) is 0 Å². The lowest BCUT2D eigenvalue weighted by atomic mass is 9.92. The van der Waals surface area contributed by atoms with Gasteiger partial charge in [0.1, 0.15) is 5.82 Å². The molecule has 0 fully saturated rings. The molecule has 1 unspecified atom stereocenters. The molecule has 0 radical (unpaired) electrons. The summed E-state index contributed by atoms with van der Waals surface area (Å²) in [6.07, 6.45) is 5.59. The highest BCUT2D eigenvalue weighted by Crippen LogP contribution is 2.40. The molecule has 1 aliphatic rings. The Labute approximate surface area is 296 Å². The Morgan fingerprint density at radius 1 is 0.510 bits per heavy atom. The van der Waals surface area contributed by atoms with E-state index >= 15 is 0 Å². The minimum Gasteiger partial charge on any atom is -0.309 e.